The van der Waals surface area contributed by atoms with Crippen molar-refractivity contribution in [2.45, 2.75) is 38.7 Å². The lowest BCUT2D eigenvalue weighted by atomic mass is 9.68. The van der Waals surface area contributed by atoms with Gasteiger partial charge in [0.2, 0.25) is 0 Å². The van der Waals surface area contributed by atoms with Crippen molar-refractivity contribution in [3.63, 3.8) is 0 Å². The molecule has 1 aromatic rings. The maximum Gasteiger partial charge on any atom is 0.124 e. The number of aryl methyl sites for hydroxylation is 1. The molecule has 1 aliphatic carbocycles. The zero-order valence-electron chi connectivity index (χ0n) is 9.76. The quantitative estimate of drug-likeness (QED) is 0.714. The van der Waals surface area contributed by atoms with E-state index in [9.17, 15) is 0 Å². The molecule has 1 aliphatic rings. The average Bonchev–Trinajstić information content (AvgIpc) is 2.23. The van der Waals surface area contributed by atoms with Crippen LogP contribution in [0, 0.1) is 12.3 Å². The highest BCUT2D eigenvalue weighted by atomic mass is 35.5. The van der Waals surface area contributed by atoms with Gasteiger partial charge in [0.05, 0.1) is 0 Å². The molecule has 0 amide bonds. The van der Waals surface area contributed by atoms with Crippen LogP contribution in [0.25, 0.3) is 0 Å². The lowest BCUT2D eigenvalue weighted by Crippen LogP contribution is -2.53. The summed E-state index contributed by atoms with van der Waals surface area (Å²) in [6.45, 7) is 6.30. The zero-order valence-corrected chi connectivity index (χ0v) is 11.3. The lowest BCUT2D eigenvalue weighted by Gasteiger charge is -2.48. The molecule has 0 aromatic heterocycles. The first-order valence-electron chi connectivity index (χ1n) is 5.48. The van der Waals surface area contributed by atoms with Gasteiger partial charge in [-0.05, 0) is 24.6 Å². The summed E-state index contributed by atoms with van der Waals surface area (Å²) in [6.07, 6.45) is 1.09. The van der Waals surface area contributed by atoms with Gasteiger partial charge in [-0.25, -0.2) is 0 Å². The summed E-state index contributed by atoms with van der Waals surface area (Å²) in [7, 11) is 0. The van der Waals surface area contributed by atoms with E-state index >= 15 is 0 Å². The van der Waals surface area contributed by atoms with E-state index in [1.54, 1.807) is 0 Å². The highest BCUT2D eigenvalue weighted by Crippen LogP contribution is 2.46. The van der Waals surface area contributed by atoms with Gasteiger partial charge in [-0.2, -0.15) is 0 Å². The second-order valence-corrected chi connectivity index (χ2v) is 6.00. The van der Waals surface area contributed by atoms with Crippen LogP contribution in [0.3, 0.4) is 0 Å². The zero-order chi connectivity index (χ0) is 11.9. The summed E-state index contributed by atoms with van der Waals surface area (Å²) < 4.78 is 5.98. The molecule has 3 heteroatoms. The molecular weight excluding hydrogens is 243 g/mol. The van der Waals surface area contributed by atoms with Gasteiger partial charge >= 0.3 is 0 Å². The van der Waals surface area contributed by atoms with Gasteiger partial charge in [0.25, 0.3) is 0 Å². The first kappa shape index (κ1) is 12.1. The second-order valence-electron chi connectivity index (χ2n) is 5.04. The molecule has 0 saturated heterocycles. The molecule has 1 aromatic carbocycles. The summed E-state index contributed by atoms with van der Waals surface area (Å²) >= 11 is 12.1. The van der Waals surface area contributed by atoms with Gasteiger partial charge in [-0.3, -0.25) is 0 Å². The van der Waals surface area contributed by atoms with Crippen molar-refractivity contribution < 1.29 is 4.74 Å². The molecule has 1 fully saturated rings. The Morgan fingerprint density at radius 3 is 2.62 bits per heavy atom. The average molecular weight is 259 g/mol. The van der Waals surface area contributed by atoms with Crippen LogP contribution >= 0.6 is 23.2 Å². The smallest absolute Gasteiger partial charge is 0.124 e. The van der Waals surface area contributed by atoms with E-state index in [4.69, 9.17) is 27.9 Å². The van der Waals surface area contributed by atoms with Crippen LogP contribution in [-0.2, 0) is 0 Å². The van der Waals surface area contributed by atoms with E-state index in [-0.39, 0.29) is 16.9 Å². The minimum atomic E-state index is 0.0380. The SMILES string of the molecule is Cc1ccc(Cl)cc1OC1CC(Cl)C1(C)C. The topological polar surface area (TPSA) is 9.23 Å². The van der Waals surface area contributed by atoms with E-state index in [0.29, 0.717) is 5.02 Å². The molecule has 16 heavy (non-hydrogen) atoms. The van der Waals surface area contributed by atoms with Gasteiger partial charge < -0.3 is 4.74 Å². The summed E-state index contributed by atoms with van der Waals surface area (Å²) in [6, 6.07) is 5.72. The predicted octanol–water partition coefficient (Wildman–Crippen LogP) is 4.43. The first-order valence-corrected chi connectivity index (χ1v) is 6.29. The van der Waals surface area contributed by atoms with Gasteiger partial charge in [0.1, 0.15) is 11.9 Å². The fraction of sp³-hybridized carbons (Fsp3) is 0.538. The molecule has 0 radical (unpaired) electrons. The van der Waals surface area contributed by atoms with Gasteiger partial charge in [0.15, 0.2) is 0 Å². The molecule has 0 heterocycles. The molecule has 2 rings (SSSR count). The van der Waals surface area contributed by atoms with Crippen molar-refractivity contribution in [1.29, 1.82) is 0 Å². The Hall–Kier alpha value is -0.400. The van der Waals surface area contributed by atoms with Crippen LogP contribution in [0.5, 0.6) is 5.75 Å². The Balaban J connectivity index is 2.13. The number of halogens is 2. The van der Waals surface area contributed by atoms with Crippen LogP contribution in [0.2, 0.25) is 5.02 Å². The number of rotatable bonds is 2. The van der Waals surface area contributed by atoms with Crippen LogP contribution in [0.1, 0.15) is 25.8 Å². The second kappa shape index (κ2) is 4.12. The van der Waals surface area contributed by atoms with Gasteiger partial charge in [0, 0.05) is 22.2 Å². The minimum absolute atomic E-state index is 0.0380. The summed E-state index contributed by atoms with van der Waals surface area (Å²) in [4.78, 5) is 0. The van der Waals surface area contributed by atoms with E-state index in [1.165, 1.54) is 0 Å². The number of ether oxygens (including phenoxy) is 1. The van der Waals surface area contributed by atoms with Gasteiger partial charge in [-0.15, -0.1) is 11.6 Å². The third kappa shape index (κ3) is 2.03. The fourth-order valence-electron chi connectivity index (χ4n) is 1.89. The maximum atomic E-state index is 6.17. The van der Waals surface area contributed by atoms with Crippen molar-refractivity contribution >= 4 is 23.2 Å². The number of alkyl halides is 1. The van der Waals surface area contributed by atoms with Crippen molar-refractivity contribution in [3.05, 3.63) is 28.8 Å². The van der Waals surface area contributed by atoms with Crippen LogP contribution in [-0.4, -0.2) is 11.5 Å². The van der Waals surface area contributed by atoms with E-state index in [1.807, 2.05) is 25.1 Å². The first-order chi connectivity index (χ1) is 7.41. The van der Waals surface area contributed by atoms with Gasteiger partial charge in [-0.1, -0.05) is 31.5 Å². The monoisotopic (exact) mass is 258 g/mol. The molecular formula is C13H16Cl2O. The predicted molar refractivity (Wildman–Crippen MR) is 68.6 cm³/mol. The third-order valence-electron chi connectivity index (χ3n) is 3.48. The highest BCUT2D eigenvalue weighted by Gasteiger charge is 2.49. The number of hydrogen-bond donors (Lipinski definition) is 0. The molecule has 1 saturated carbocycles. The van der Waals surface area contributed by atoms with Crippen molar-refractivity contribution in [2.24, 2.45) is 5.41 Å². The molecule has 2 atom stereocenters. The lowest BCUT2D eigenvalue weighted by molar-refractivity contribution is -0.0134. The Morgan fingerprint density at radius 2 is 2.06 bits per heavy atom. The largest absolute Gasteiger partial charge is 0.489 e. The summed E-state index contributed by atoms with van der Waals surface area (Å²) in [5.74, 6) is 0.870. The molecule has 88 valence electrons. The molecule has 0 aliphatic heterocycles. The Bertz CT molecular complexity index is 401. The van der Waals surface area contributed by atoms with Crippen molar-refractivity contribution in [2.75, 3.05) is 0 Å². The molecule has 0 N–H and O–H groups in total. The normalized spacial score (nSPS) is 27.3. The third-order valence-corrected chi connectivity index (χ3v) is 4.45. The summed E-state index contributed by atoms with van der Waals surface area (Å²) in [5, 5.41) is 0.914. The van der Waals surface area contributed by atoms with Crippen LogP contribution in [0.15, 0.2) is 18.2 Å². The molecule has 2 unspecified atom stereocenters. The fourth-order valence-corrected chi connectivity index (χ4v) is 2.36. The highest BCUT2D eigenvalue weighted by molar-refractivity contribution is 6.30. The number of benzene rings is 1. The molecule has 0 spiro atoms. The van der Waals surface area contributed by atoms with Crippen molar-refractivity contribution in [3.8, 4) is 5.75 Å². The Labute approximate surface area is 107 Å². The Morgan fingerprint density at radius 1 is 1.38 bits per heavy atom. The van der Waals surface area contributed by atoms with Crippen molar-refractivity contribution in [1.82, 2.24) is 0 Å². The molecule has 1 nitrogen and oxygen atoms in total. The minimum Gasteiger partial charge on any atom is -0.489 e. The molecule has 0 bridgehead atoms. The van der Waals surface area contributed by atoms with Crippen LogP contribution in [0.4, 0.5) is 0 Å². The van der Waals surface area contributed by atoms with E-state index < -0.39 is 0 Å². The summed E-state index contributed by atoms with van der Waals surface area (Å²) in [5.41, 5.74) is 1.15. The van der Waals surface area contributed by atoms with Crippen LogP contribution < -0.4 is 4.74 Å². The van der Waals surface area contributed by atoms with E-state index in [2.05, 4.69) is 13.8 Å². The van der Waals surface area contributed by atoms with E-state index in [0.717, 1.165) is 17.7 Å². The Kier molecular flexibility index (Phi) is 3.11. The standard InChI is InChI=1S/C13H16Cl2O/c1-8-4-5-9(14)6-10(8)16-12-7-11(15)13(12,2)3/h4-6,11-12H,7H2,1-3H3. The number of hydrogen-bond acceptors (Lipinski definition) is 1. The maximum absolute atomic E-state index is 6.17.